The number of carbonyl (C=O) groups is 2. The molecule has 1 aliphatic rings. The Morgan fingerprint density at radius 3 is 2.81 bits per heavy atom. The first kappa shape index (κ1) is 23.1. The van der Waals surface area contributed by atoms with Gasteiger partial charge in [0.1, 0.15) is 5.00 Å². The van der Waals surface area contributed by atoms with Crippen molar-refractivity contribution in [1.29, 1.82) is 0 Å². The van der Waals surface area contributed by atoms with Gasteiger partial charge in [0, 0.05) is 17.5 Å². The molecule has 1 amide bonds. The Bertz CT molecular complexity index is 1190. The molecule has 0 unspecified atom stereocenters. The summed E-state index contributed by atoms with van der Waals surface area (Å²) in [6.07, 6.45) is 2.78. The molecule has 1 aliphatic carbocycles. The van der Waals surface area contributed by atoms with E-state index in [0.29, 0.717) is 38.2 Å². The highest BCUT2D eigenvalue weighted by atomic mass is 35.5. The SMILES string of the molecule is CCOC(=O)c1c(NC(=O)CSc2nnc(-c3ccc(Cl)c(Cl)c3)n2C)sc2c1CCC2. The van der Waals surface area contributed by atoms with Gasteiger partial charge in [-0.1, -0.05) is 35.0 Å². The van der Waals surface area contributed by atoms with Crippen LogP contribution >= 0.6 is 46.3 Å². The number of thioether (sulfide) groups is 1. The minimum atomic E-state index is -0.380. The number of nitrogens with one attached hydrogen (secondary N) is 1. The highest BCUT2D eigenvalue weighted by Gasteiger charge is 2.28. The largest absolute Gasteiger partial charge is 0.462 e. The van der Waals surface area contributed by atoms with Crippen LogP contribution in [-0.2, 0) is 29.4 Å². The predicted octanol–water partition coefficient (Wildman–Crippen LogP) is 5.25. The predicted molar refractivity (Wildman–Crippen MR) is 128 cm³/mol. The number of anilines is 1. The third-order valence-electron chi connectivity index (χ3n) is 5.00. The van der Waals surface area contributed by atoms with E-state index in [0.717, 1.165) is 35.3 Å². The van der Waals surface area contributed by atoms with E-state index < -0.39 is 0 Å². The van der Waals surface area contributed by atoms with Crippen LogP contribution < -0.4 is 5.32 Å². The van der Waals surface area contributed by atoms with Gasteiger partial charge in [-0.2, -0.15) is 0 Å². The fourth-order valence-corrected chi connectivity index (χ4v) is 5.83. The van der Waals surface area contributed by atoms with Gasteiger partial charge in [-0.3, -0.25) is 4.79 Å². The van der Waals surface area contributed by atoms with Crippen LogP contribution in [0.25, 0.3) is 11.4 Å². The summed E-state index contributed by atoms with van der Waals surface area (Å²) in [4.78, 5) is 26.3. The summed E-state index contributed by atoms with van der Waals surface area (Å²) in [7, 11) is 1.82. The molecule has 2 heterocycles. The summed E-state index contributed by atoms with van der Waals surface area (Å²) >= 11 is 14.8. The zero-order valence-corrected chi connectivity index (χ0v) is 20.6. The topological polar surface area (TPSA) is 86.1 Å². The zero-order chi connectivity index (χ0) is 22.8. The molecule has 0 saturated heterocycles. The van der Waals surface area contributed by atoms with Crippen LogP contribution in [0.15, 0.2) is 23.4 Å². The Morgan fingerprint density at radius 1 is 1.25 bits per heavy atom. The van der Waals surface area contributed by atoms with Crippen LogP contribution in [0.1, 0.15) is 34.1 Å². The van der Waals surface area contributed by atoms with Crippen LogP contribution in [0.3, 0.4) is 0 Å². The van der Waals surface area contributed by atoms with Gasteiger partial charge in [0.2, 0.25) is 5.91 Å². The molecule has 11 heteroatoms. The summed E-state index contributed by atoms with van der Waals surface area (Å²) in [5, 5.41) is 13.3. The summed E-state index contributed by atoms with van der Waals surface area (Å²) < 4.78 is 7.00. The molecule has 1 aromatic carbocycles. The number of rotatable bonds is 7. The van der Waals surface area contributed by atoms with Gasteiger partial charge in [0.15, 0.2) is 11.0 Å². The summed E-state index contributed by atoms with van der Waals surface area (Å²) in [6.45, 7) is 2.06. The number of ether oxygens (including phenoxy) is 1. The number of hydrogen-bond acceptors (Lipinski definition) is 7. The van der Waals surface area contributed by atoms with Crippen molar-refractivity contribution in [3.8, 4) is 11.4 Å². The Morgan fingerprint density at radius 2 is 2.06 bits per heavy atom. The second-order valence-corrected chi connectivity index (χ2v) is 9.97. The fourth-order valence-electron chi connectivity index (χ4n) is 3.53. The molecular formula is C21H20Cl2N4O3S2. The van der Waals surface area contributed by atoms with E-state index in [4.69, 9.17) is 27.9 Å². The lowest BCUT2D eigenvalue weighted by Gasteiger charge is -2.08. The molecule has 0 radical (unpaired) electrons. The van der Waals surface area contributed by atoms with Gasteiger partial charge >= 0.3 is 5.97 Å². The lowest BCUT2D eigenvalue weighted by atomic mass is 10.1. The quantitative estimate of drug-likeness (QED) is 0.345. The number of amides is 1. The number of esters is 1. The highest BCUT2D eigenvalue weighted by molar-refractivity contribution is 7.99. The number of hydrogen-bond donors (Lipinski definition) is 1. The Labute approximate surface area is 203 Å². The Balaban J connectivity index is 1.45. The number of carbonyl (C=O) groups excluding carboxylic acids is 2. The maximum Gasteiger partial charge on any atom is 0.341 e. The second-order valence-electron chi connectivity index (χ2n) is 7.11. The van der Waals surface area contributed by atoms with Gasteiger partial charge in [0.05, 0.1) is 28.0 Å². The third-order valence-corrected chi connectivity index (χ3v) is 7.97. The number of aromatic nitrogens is 3. The third kappa shape index (κ3) is 4.66. The molecule has 32 heavy (non-hydrogen) atoms. The van der Waals surface area contributed by atoms with Gasteiger partial charge < -0.3 is 14.6 Å². The van der Waals surface area contributed by atoms with Crippen molar-refractivity contribution in [3.63, 3.8) is 0 Å². The molecule has 3 aromatic rings. The molecule has 4 rings (SSSR count). The van der Waals surface area contributed by atoms with Gasteiger partial charge in [-0.15, -0.1) is 21.5 Å². The molecule has 0 bridgehead atoms. The van der Waals surface area contributed by atoms with E-state index in [1.807, 2.05) is 13.1 Å². The van der Waals surface area contributed by atoms with Crippen molar-refractivity contribution >= 4 is 63.2 Å². The Hall–Kier alpha value is -2.07. The molecule has 168 valence electrons. The lowest BCUT2D eigenvalue weighted by Crippen LogP contribution is -2.17. The van der Waals surface area contributed by atoms with Crippen molar-refractivity contribution in [2.75, 3.05) is 17.7 Å². The van der Waals surface area contributed by atoms with Crippen LogP contribution in [0.2, 0.25) is 10.0 Å². The van der Waals surface area contributed by atoms with E-state index in [1.165, 1.54) is 23.1 Å². The number of nitrogens with zero attached hydrogens (tertiary/aromatic N) is 3. The first-order chi connectivity index (χ1) is 15.4. The van der Waals surface area contributed by atoms with E-state index in [2.05, 4.69) is 15.5 Å². The number of halogens is 2. The molecule has 0 fully saturated rings. The van der Waals surface area contributed by atoms with E-state index in [-0.39, 0.29) is 17.6 Å². The molecule has 0 atom stereocenters. The summed E-state index contributed by atoms with van der Waals surface area (Å²) in [5.41, 5.74) is 2.29. The standard InChI is InChI=1S/C21H20Cl2N4O3S2/c1-3-30-20(29)17-12-5-4-6-15(12)32-19(17)24-16(28)10-31-21-26-25-18(27(21)2)11-7-8-13(22)14(23)9-11/h7-9H,3-6,10H2,1-2H3,(H,24,28). The molecule has 1 N–H and O–H groups in total. The highest BCUT2D eigenvalue weighted by Crippen LogP contribution is 2.39. The van der Waals surface area contributed by atoms with Crippen LogP contribution in [-0.4, -0.2) is 39.0 Å². The molecule has 7 nitrogen and oxygen atoms in total. The van der Waals surface area contributed by atoms with Crippen molar-refractivity contribution in [2.45, 2.75) is 31.3 Å². The van der Waals surface area contributed by atoms with Crippen LogP contribution in [0.5, 0.6) is 0 Å². The number of aryl methyl sites for hydroxylation is 1. The smallest absolute Gasteiger partial charge is 0.341 e. The van der Waals surface area contributed by atoms with E-state index in [1.54, 1.807) is 23.6 Å². The second kappa shape index (κ2) is 9.82. The molecule has 0 saturated carbocycles. The fraction of sp³-hybridized carbons (Fsp3) is 0.333. The van der Waals surface area contributed by atoms with Crippen LogP contribution in [0, 0.1) is 0 Å². The lowest BCUT2D eigenvalue weighted by molar-refractivity contribution is -0.113. The minimum absolute atomic E-state index is 0.123. The normalized spacial score (nSPS) is 12.6. The Kier molecular flexibility index (Phi) is 7.09. The van der Waals surface area contributed by atoms with Gasteiger partial charge in [-0.05, 0) is 49.9 Å². The van der Waals surface area contributed by atoms with E-state index in [9.17, 15) is 9.59 Å². The number of benzene rings is 1. The molecular weight excluding hydrogens is 491 g/mol. The maximum atomic E-state index is 12.6. The minimum Gasteiger partial charge on any atom is -0.462 e. The first-order valence-corrected chi connectivity index (χ1v) is 12.5. The first-order valence-electron chi connectivity index (χ1n) is 9.98. The van der Waals surface area contributed by atoms with E-state index >= 15 is 0 Å². The van der Waals surface area contributed by atoms with Crippen molar-refractivity contribution in [3.05, 3.63) is 44.2 Å². The van der Waals surface area contributed by atoms with Crippen molar-refractivity contribution in [2.24, 2.45) is 7.05 Å². The van der Waals surface area contributed by atoms with Gasteiger partial charge in [-0.25, -0.2) is 4.79 Å². The summed E-state index contributed by atoms with van der Waals surface area (Å²) in [6, 6.07) is 5.24. The van der Waals surface area contributed by atoms with Crippen LogP contribution in [0.4, 0.5) is 5.00 Å². The van der Waals surface area contributed by atoms with Gasteiger partial charge in [0.25, 0.3) is 0 Å². The monoisotopic (exact) mass is 510 g/mol. The number of thiophene rings is 1. The number of fused-ring (bicyclic) bond motifs is 1. The molecule has 0 spiro atoms. The average Bonchev–Trinajstić information content (AvgIpc) is 3.43. The average molecular weight is 511 g/mol. The molecule has 0 aliphatic heterocycles. The summed E-state index contributed by atoms with van der Waals surface area (Å²) in [5.74, 6) is 0.137. The van der Waals surface area contributed by atoms with Crippen molar-refractivity contribution in [1.82, 2.24) is 14.8 Å². The van der Waals surface area contributed by atoms with Crippen molar-refractivity contribution < 1.29 is 14.3 Å². The zero-order valence-electron chi connectivity index (χ0n) is 17.4. The molecule has 2 aromatic heterocycles. The maximum absolute atomic E-state index is 12.6.